The van der Waals surface area contributed by atoms with Gasteiger partial charge in [0.05, 0.1) is 17.3 Å². The first-order chi connectivity index (χ1) is 10.4. The summed E-state index contributed by atoms with van der Waals surface area (Å²) in [6.07, 6.45) is 4.29. The SMILES string of the molecule is Cc1cc(N2CCC3(CCN(C)C3=O)CC2)cnc1C(=O)O. The summed E-state index contributed by atoms with van der Waals surface area (Å²) >= 11 is 0. The zero-order valence-electron chi connectivity index (χ0n) is 13.0. The van der Waals surface area contributed by atoms with Gasteiger partial charge in [-0.2, -0.15) is 0 Å². The van der Waals surface area contributed by atoms with Gasteiger partial charge in [-0.3, -0.25) is 4.79 Å². The van der Waals surface area contributed by atoms with Gasteiger partial charge in [0.1, 0.15) is 0 Å². The number of pyridine rings is 1. The maximum absolute atomic E-state index is 12.3. The van der Waals surface area contributed by atoms with Gasteiger partial charge in [0.2, 0.25) is 5.91 Å². The molecule has 6 heteroatoms. The van der Waals surface area contributed by atoms with E-state index in [9.17, 15) is 9.59 Å². The van der Waals surface area contributed by atoms with Crippen molar-refractivity contribution in [3.63, 3.8) is 0 Å². The Kier molecular flexibility index (Phi) is 3.54. The second-order valence-corrected chi connectivity index (χ2v) is 6.41. The molecule has 2 fully saturated rings. The molecule has 2 aliphatic heterocycles. The quantitative estimate of drug-likeness (QED) is 0.897. The Labute approximate surface area is 129 Å². The molecule has 6 nitrogen and oxygen atoms in total. The monoisotopic (exact) mass is 303 g/mol. The minimum Gasteiger partial charge on any atom is -0.477 e. The fourth-order valence-corrected chi connectivity index (χ4v) is 3.61. The predicted molar refractivity (Wildman–Crippen MR) is 82.1 cm³/mol. The van der Waals surface area contributed by atoms with Gasteiger partial charge in [0, 0.05) is 26.7 Å². The average Bonchev–Trinajstić information content (AvgIpc) is 2.76. The largest absolute Gasteiger partial charge is 0.477 e. The van der Waals surface area contributed by atoms with Gasteiger partial charge in [-0.15, -0.1) is 0 Å². The van der Waals surface area contributed by atoms with Gasteiger partial charge in [-0.05, 0) is 37.8 Å². The Hall–Kier alpha value is -2.11. The van der Waals surface area contributed by atoms with Crippen LogP contribution in [-0.2, 0) is 4.79 Å². The van der Waals surface area contributed by atoms with Crippen LogP contribution in [0.2, 0.25) is 0 Å². The minimum atomic E-state index is -0.999. The number of carbonyl (C=O) groups excluding carboxylic acids is 1. The van der Waals surface area contributed by atoms with Crippen LogP contribution in [0.25, 0.3) is 0 Å². The average molecular weight is 303 g/mol. The maximum atomic E-state index is 12.3. The fourth-order valence-electron chi connectivity index (χ4n) is 3.61. The summed E-state index contributed by atoms with van der Waals surface area (Å²) in [5.41, 5.74) is 1.54. The maximum Gasteiger partial charge on any atom is 0.354 e. The molecule has 2 aliphatic rings. The van der Waals surface area contributed by atoms with Crippen LogP contribution < -0.4 is 4.90 Å². The summed E-state index contributed by atoms with van der Waals surface area (Å²) < 4.78 is 0. The lowest BCUT2D eigenvalue weighted by atomic mass is 9.77. The topological polar surface area (TPSA) is 73.7 Å². The van der Waals surface area contributed by atoms with Crippen LogP contribution in [0.1, 0.15) is 35.3 Å². The number of likely N-dealkylation sites (tertiary alicyclic amines) is 1. The molecular weight excluding hydrogens is 282 g/mol. The summed E-state index contributed by atoms with van der Waals surface area (Å²) in [4.78, 5) is 31.4. The number of anilines is 1. The highest BCUT2D eigenvalue weighted by molar-refractivity contribution is 5.87. The van der Waals surface area contributed by atoms with Crippen molar-refractivity contribution in [1.82, 2.24) is 9.88 Å². The molecule has 0 atom stereocenters. The number of hydrogen-bond donors (Lipinski definition) is 1. The van der Waals surface area contributed by atoms with Crippen LogP contribution in [0.5, 0.6) is 0 Å². The molecule has 1 aromatic heterocycles. The molecule has 0 saturated carbocycles. The number of aromatic nitrogens is 1. The van der Waals surface area contributed by atoms with Gasteiger partial charge < -0.3 is 14.9 Å². The third-order valence-electron chi connectivity index (χ3n) is 5.08. The van der Waals surface area contributed by atoms with E-state index in [0.717, 1.165) is 44.6 Å². The van der Waals surface area contributed by atoms with Crippen molar-refractivity contribution in [2.75, 3.05) is 31.6 Å². The van der Waals surface area contributed by atoms with Crippen LogP contribution in [0.3, 0.4) is 0 Å². The normalized spacial score (nSPS) is 20.7. The van der Waals surface area contributed by atoms with E-state index in [4.69, 9.17) is 5.11 Å². The van der Waals surface area contributed by atoms with Crippen LogP contribution in [0.4, 0.5) is 5.69 Å². The van der Waals surface area contributed by atoms with Gasteiger partial charge in [-0.25, -0.2) is 9.78 Å². The number of nitrogens with zero attached hydrogens (tertiary/aromatic N) is 3. The summed E-state index contributed by atoms with van der Waals surface area (Å²) in [7, 11) is 1.88. The van der Waals surface area contributed by atoms with Crippen molar-refractivity contribution in [3.8, 4) is 0 Å². The Bertz CT molecular complexity index is 621. The van der Waals surface area contributed by atoms with Crippen molar-refractivity contribution in [1.29, 1.82) is 0 Å². The zero-order chi connectivity index (χ0) is 15.9. The highest BCUT2D eigenvalue weighted by Crippen LogP contribution is 2.41. The molecule has 0 aliphatic carbocycles. The minimum absolute atomic E-state index is 0.102. The van der Waals surface area contributed by atoms with E-state index >= 15 is 0 Å². The van der Waals surface area contributed by atoms with E-state index in [1.165, 1.54) is 0 Å². The van der Waals surface area contributed by atoms with E-state index in [1.54, 1.807) is 13.1 Å². The number of carboxylic acids is 1. The zero-order valence-corrected chi connectivity index (χ0v) is 13.0. The summed E-state index contributed by atoms with van der Waals surface area (Å²) in [5, 5.41) is 9.04. The lowest BCUT2D eigenvalue weighted by Crippen LogP contribution is -2.44. The van der Waals surface area contributed by atoms with Crippen molar-refractivity contribution < 1.29 is 14.7 Å². The Morgan fingerprint density at radius 2 is 1.91 bits per heavy atom. The van der Waals surface area contributed by atoms with Gasteiger partial charge in [-0.1, -0.05) is 0 Å². The van der Waals surface area contributed by atoms with E-state index in [-0.39, 0.29) is 17.0 Å². The van der Waals surface area contributed by atoms with E-state index in [2.05, 4.69) is 9.88 Å². The van der Waals surface area contributed by atoms with Crippen molar-refractivity contribution in [2.24, 2.45) is 5.41 Å². The molecule has 0 aromatic carbocycles. The second-order valence-electron chi connectivity index (χ2n) is 6.41. The van der Waals surface area contributed by atoms with Gasteiger partial charge >= 0.3 is 5.97 Å². The standard InChI is InChI=1S/C16H21N3O3/c1-11-9-12(10-17-13(11)14(20)21)19-7-4-16(5-8-19)3-6-18(2)15(16)22/h9-10H,3-8H2,1-2H3,(H,20,21). The number of aryl methyl sites for hydroxylation is 1. The number of aromatic carboxylic acids is 1. The molecule has 1 amide bonds. The molecule has 3 rings (SSSR count). The second kappa shape index (κ2) is 5.26. The Morgan fingerprint density at radius 3 is 2.41 bits per heavy atom. The molecule has 1 spiro atoms. The fraction of sp³-hybridized carbons (Fsp3) is 0.562. The highest BCUT2D eigenvalue weighted by Gasteiger charge is 2.46. The lowest BCUT2D eigenvalue weighted by Gasteiger charge is -2.38. The van der Waals surface area contributed by atoms with E-state index in [0.29, 0.717) is 5.56 Å². The smallest absolute Gasteiger partial charge is 0.354 e. The van der Waals surface area contributed by atoms with Crippen LogP contribution in [0.15, 0.2) is 12.3 Å². The van der Waals surface area contributed by atoms with Crippen LogP contribution >= 0.6 is 0 Å². The number of amides is 1. The van der Waals surface area contributed by atoms with Crippen molar-refractivity contribution in [3.05, 3.63) is 23.5 Å². The third kappa shape index (κ3) is 2.32. The molecule has 0 unspecified atom stereocenters. The predicted octanol–water partition coefficient (Wildman–Crippen LogP) is 1.54. The number of carbonyl (C=O) groups is 2. The number of hydrogen-bond acceptors (Lipinski definition) is 4. The van der Waals surface area contributed by atoms with Crippen molar-refractivity contribution in [2.45, 2.75) is 26.2 Å². The van der Waals surface area contributed by atoms with E-state index < -0.39 is 5.97 Å². The molecule has 2 saturated heterocycles. The number of piperidine rings is 1. The first kappa shape index (κ1) is 14.8. The summed E-state index contributed by atoms with van der Waals surface area (Å²) in [5.74, 6) is -0.719. The Balaban J connectivity index is 1.73. The molecule has 0 radical (unpaired) electrons. The van der Waals surface area contributed by atoms with Gasteiger partial charge in [0.15, 0.2) is 5.69 Å². The third-order valence-corrected chi connectivity index (χ3v) is 5.08. The molecule has 22 heavy (non-hydrogen) atoms. The molecule has 1 N–H and O–H groups in total. The Morgan fingerprint density at radius 1 is 1.27 bits per heavy atom. The first-order valence-corrected chi connectivity index (χ1v) is 7.63. The number of carboxylic acid groups (broad SMARTS) is 1. The summed E-state index contributed by atoms with van der Waals surface area (Å²) in [6.45, 7) is 4.24. The van der Waals surface area contributed by atoms with E-state index in [1.807, 2.05) is 18.0 Å². The molecular formula is C16H21N3O3. The first-order valence-electron chi connectivity index (χ1n) is 7.63. The molecule has 1 aromatic rings. The van der Waals surface area contributed by atoms with Crippen LogP contribution in [-0.4, -0.2) is 53.5 Å². The summed E-state index contributed by atoms with van der Waals surface area (Å²) in [6, 6.07) is 1.87. The molecule has 118 valence electrons. The van der Waals surface area contributed by atoms with Gasteiger partial charge in [0.25, 0.3) is 0 Å². The van der Waals surface area contributed by atoms with Crippen LogP contribution in [0, 0.1) is 12.3 Å². The lowest BCUT2D eigenvalue weighted by molar-refractivity contribution is -0.135. The number of rotatable bonds is 2. The highest BCUT2D eigenvalue weighted by atomic mass is 16.4. The van der Waals surface area contributed by atoms with Crippen molar-refractivity contribution >= 4 is 17.6 Å². The molecule has 0 bridgehead atoms. The molecule has 3 heterocycles.